The number of likely N-dealkylation sites (tertiary alicyclic amines) is 1. The highest BCUT2D eigenvalue weighted by Crippen LogP contribution is 2.25. The molecule has 1 aliphatic rings. The summed E-state index contributed by atoms with van der Waals surface area (Å²) >= 11 is 0. The number of imidazole rings is 1. The predicted molar refractivity (Wildman–Crippen MR) is 112 cm³/mol. The van der Waals surface area contributed by atoms with E-state index in [4.69, 9.17) is 4.74 Å². The van der Waals surface area contributed by atoms with Crippen molar-refractivity contribution in [3.63, 3.8) is 0 Å². The predicted octanol–water partition coefficient (Wildman–Crippen LogP) is 3.81. The lowest BCUT2D eigenvalue weighted by atomic mass is 9.97. The molecule has 1 aliphatic heterocycles. The summed E-state index contributed by atoms with van der Waals surface area (Å²) in [5.41, 5.74) is 2.91. The first kappa shape index (κ1) is 19.2. The Morgan fingerprint density at radius 2 is 1.93 bits per heavy atom. The topological polar surface area (TPSA) is 60.2 Å². The molecular weight excluding hydrogens is 364 g/mol. The molecule has 0 spiro atoms. The van der Waals surface area contributed by atoms with Gasteiger partial charge in [0.05, 0.1) is 7.11 Å². The third kappa shape index (κ3) is 4.16. The van der Waals surface area contributed by atoms with Crippen molar-refractivity contribution in [3.8, 4) is 17.1 Å². The van der Waals surface area contributed by atoms with Crippen LogP contribution in [0.5, 0.6) is 5.75 Å². The lowest BCUT2D eigenvalue weighted by Gasteiger charge is -2.33. The van der Waals surface area contributed by atoms with E-state index in [2.05, 4.69) is 21.5 Å². The number of ether oxygens (including phenoxy) is 1. The van der Waals surface area contributed by atoms with E-state index in [1.165, 1.54) is 0 Å². The number of nitrogens with zero attached hydrogens (tertiary/aromatic N) is 4. The highest BCUT2D eigenvalue weighted by molar-refractivity contribution is 5.94. The number of hydrogen-bond acceptors (Lipinski definition) is 4. The van der Waals surface area contributed by atoms with Gasteiger partial charge in [-0.05, 0) is 62.1 Å². The number of rotatable bonds is 5. The van der Waals surface area contributed by atoms with E-state index in [1.54, 1.807) is 19.5 Å². The van der Waals surface area contributed by atoms with Crippen LogP contribution in [0.4, 0.5) is 0 Å². The van der Waals surface area contributed by atoms with E-state index in [0.717, 1.165) is 55.3 Å². The molecular formula is C23H26N4O2. The lowest BCUT2D eigenvalue weighted by molar-refractivity contribution is 0.0662. The maximum atomic E-state index is 13.0. The van der Waals surface area contributed by atoms with Gasteiger partial charge < -0.3 is 14.2 Å². The van der Waals surface area contributed by atoms with Crippen molar-refractivity contribution in [1.82, 2.24) is 19.4 Å². The standard InChI is InChI=1S/C23H26N4O2/c1-17-14-25-22(19-9-11-24-12-10-19)27(17)16-18-4-3-13-26(15-18)23(28)20-5-7-21(29-2)8-6-20/h5-12,14,18H,3-4,13,15-16H2,1-2H3. The second-order valence-electron chi connectivity index (χ2n) is 7.56. The second-order valence-corrected chi connectivity index (χ2v) is 7.56. The van der Waals surface area contributed by atoms with Gasteiger partial charge in [-0.1, -0.05) is 0 Å². The first-order chi connectivity index (χ1) is 14.2. The number of methoxy groups -OCH3 is 1. The van der Waals surface area contributed by atoms with E-state index < -0.39 is 0 Å². The number of piperidine rings is 1. The largest absolute Gasteiger partial charge is 0.497 e. The van der Waals surface area contributed by atoms with E-state index >= 15 is 0 Å². The minimum absolute atomic E-state index is 0.0917. The molecule has 0 radical (unpaired) electrons. The number of benzene rings is 1. The molecule has 6 heteroatoms. The quantitative estimate of drug-likeness (QED) is 0.665. The third-order valence-electron chi connectivity index (χ3n) is 5.58. The first-order valence-corrected chi connectivity index (χ1v) is 10.0. The molecule has 1 fully saturated rings. The fourth-order valence-corrected chi connectivity index (χ4v) is 4.00. The Morgan fingerprint density at radius 1 is 1.17 bits per heavy atom. The smallest absolute Gasteiger partial charge is 0.253 e. The summed E-state index contributed by atoms with van der Waals surface area (Å²) in [6.07, 6.45) is 7.63. The zero-order chi connectivity index (χ0) is 20.2. The van der Waals surface area contributed by atoms with Gasteiger partial charge >= 0.3 is 0 Å². The first-order valence-electron chi connectivity index (χ1n) is 10.0. The molecule has 6 nitrogen and oxygen atoms in total. The van der Waals surface area contributed by atoms with E-state index in [-0.39, 0.29) is 5.91 Å². The summed E-state index contributed by atoms with van der Waals surface area (Å²) < 4.78 is 7.46. The second kappa shape index (κ2) is 8.47. The average molecular weight is 390 g/mol. The van der Waals surface area contributed by atoms with Crippen LogP contribution < -0.4 is 4.74 Å². The number of carbonyl (C=O) groups is 1. The van der Waals surface area contributed by atoms with Crippen LogP contribution >= 0.6 is 0 Å². The van der Waals surface area contributed by atoms with Gasteiger partial charge in [0.25, 0.3) is 5.91 Å². The fraction of sp³-hybridized carbons (Fsp3) is 0.348. The zero-order valence-electron chi connectivity index (χ0n) is 16.9. The Kier molecular flexibility index (Phi) is 5.60. The Bertz CT molecular complexity index is 966. The minimum Gasteiger partial charge on any atom is -0.497 e. The van der Waals surface area contributed by atoms with Crippen molar-refractivity contribution >= 4 is 5.91 Å². The number of aryl methyl sites for hydroxylation is 1. The van der Waals surface area contributed by atoms with Gasteiger partial charge in [0.2, 0.25) is 0 Å². The number of aromatic nitrogens is 3. The molecule has 0 bridgehead atoms. The average Bonchev–Trinajstić information content (AvgIpc) is 3.14. The van der Waals surface area contributed by atoms with Crippen LogP contribution in [-0.2, 0) is 6.54 Å². The molecule has 0 N–H and O–H groups in total. The van der Waals surface area contributed by atoms with Crippen LogP contribution in [0, 0.1) is 12.8 Å². The molecule has 150 valence electrons. The molecule has 1 atom stereocenters. The lowest BCUT2D eigenvalue weighted by Crippen LogP contribution is -2.41. The zero-order valence-corrected chi connectivity index (χ0v) is 16.9. The van der Waals surface area contributed by atoms with Crippen molar-refractivity contribution in [1.29, 1.82) is 0 Å². The van der Waals surface area contributed by atoms with Crippen LogP contribution in [0.1, 0.15) is 28.9 Å². The molecule has 3 heterocycles. The summed E-state index contributed by atoms with van der Waals surface area (Å²) in [6, 6.07) is 11.3. The fourth-order valence-electron chi connectivity index (χ4n) is 4.00. The van der Waals surface area contributed by atoms with Crippen molar-refractivity contribution in [2.24, 2.45) is 5.92 Å². The van der Waals surface area contributed by atoms with E-state index in [1.807, 2.05) is 47.5 Å². The number of carbonyl (C=O) groups excluding carboxylic acids is 1. The summed E-state index contributed by atoms with van der Waals surface area (Å²) in [5, 5.41) is 0. The minimum atomic E-state index is 0.0917. The summed E-state index contributed by atoms with van der Waals surface area (Å²) in [5.74, 6) is 2.22. The third-order valence-corrected chi connectivity index (χ3v) is 5.58. The highest BCUT2D eigenvalue weighted by atomic mass is 16.5. The number of pyridine rings is 1. The van der Waals surface area contributed by atoms with Gasteiger partial charge in [0.1, 0.15) is 11.6 Å². The Balaban J connectivity index is 1.48. The molecule has 2 aromatic heterocycles. The molecule has 0 saturated carbocycles. The monoisotopic (exact) mass is 390 g/mol. The van der Waals surface area contributed by atoms with Crippen LogP contribution in [0.3, 0.4) is 0 Å². The molecule has 1 unspecified atom stereocenters. The van der Waals surface area contributed by atoms with Gasteiger partial charge in [0.15, 0.2) is 0 Å². The van der Waals surface area contributed by atoms with Crippen molar-refractivity contribution in [2.45, 2.75) is 26.3 Å². The molecule has 3 aromatic rings. The summed E-state index contributed by atoms with van der Waals surface area (Å²) in [4.78, 5) is 23.7. The van der Waals surface area contributed by atoms with Gasteiger partial charge in [-0.15, -0.1) is 0 Å². The molecule has 1 saturated heterocycles. The molecule has 4 rings (SSSR count). The van der Waals surface area contributed by atoms with Crippen molar-refractivity contribution in [2.75, 3.05) is 20.2 Å². The summed E-state index contributed by atoms with van der Waals surface area (Å²) in [7, 11) is 1.63. The molecule has 0 aliphatic carbocycles. The Hall–Kier alpha value is -3.15. The van der Waals surface area contributed by atoms with Gasteiger partial charge in [0, 0.05) is 55.0 Å². The Morgan fingerprint density at radius 3 is 2.66 bits per heavy atom. The van der Waals surface area contributed by atoms with Gasteiger partial charge in [-0.25, -0.2) is 4.98 Å². The molecule has 1 aromatic carbocycles. The normalized spacial score (nSPS) is 16.6. The van der Waals surface area contributed by atoms with E-state index in [9.17, 15) is 4.79 Å². The number of hydrogen-bond donors (Lipinski definition) is 0. The van der Waals surface area contributed by atoms with Crippen LogP contribution in [0.25, 0.3) is 11.4 Å². The van der Waals surface area contributed by atoms with Crippen molar-refractivity contribution < 1.29 is 9.53 Å². The van der Waals surface area contributed by atoms with Gasteiger partial charge in [-0.3, -0.25) is 9.78 Å². The van der Waals surface area contributed by atoms with Crippen molar-refractivity contribution in [3.05, 3.63) is 66.2 Å². The SMILES string of the molecule is COc1ccc(C(=O)N2CCCC(Cn3c(C)cnc3-c3ccncc3)C2)cc1. The summed E-state index contributed by atoms with van der Waals surface area (Å²) in [6.45, 7) is 4.51. The van der Waals surface area contributed by atoms with Crippen LogP contribution in [0.2, 0.25) is 0 Å². The highest BCUT2D eigenvalue weighted by Gasteiger charge is 2.26. The van der Waals surface area contributed by atoms with Crippen LogP contribution in [-0.4, -0.2) is 45.5 Å². The molecule has 1 amide bonds. The molecule has 29 heavy (non-hydrogen) atoms. The van der Waals surface area contributed by atoms with Crippen LogP contribution in [0.15, 0.2) is 55.0 Å². The maximum Gasteiger partial charge on any atom is 0.253 e. The number of amides is 1. The maximum absolute atomic E-state index is 13.0. The Labute approximate surface area is 171 Å². The van der Waals surface area contributed by atoms with E-state index in [0.29, 0.717) is 11.5 Å². The van der Waals surface area contributed by atoms with Gasteiger partial charge in [-0.2, -0.15) is 0 Å².